The van der Waals surface area contributed by atoms with Gasteiger partial charge in [-0.15, -0.1) is 0 Å². The first-order valence-electron chi connectivity index (χ1n) is 6.43. The number of hydrogen-bond acceptors (Lipinski definition) is 4. The predicted octanol–water partition coefficient (Wildman–Crippen LogP) is 0.470. The Bertz CT molecular complexity index is 1060. The third-order valence-corrected chi connectivity index (χ3v) is 3.43. The standard InChI is InChI=1S/C15H11N3O3S/c1-7-2-3-11-8(4-7)5-9(12(19)16-11)6-10-13(20)17-15(22)18-14(10)21/h2-6H,1H3,(H3,17,18,20,21,22)/b9-6+. The molecule has 6 nitrogen and oxygen atoms in total. The van der Waals surface area contributed by atoms with Gasteiger partial charge in [0.2, 0.25) is 5.88 Å². The Hall–Kier alpha value is -2.80. The molecule has 3 rings (SSSR count). The highest BCUT2D eigenvalue weighted by atomic mass is 32.1. The summed E-state index contributed by atoms with van der Waals surface area (Å²) in [5, 5.41) is 11.2. The number of rotatable bonds is 1. The molecule has 0 aliphatic carbocycles. The summed E-state index contributed by atoms with van der Waals surface area (Å²) in [7, 11) is 0. The van der Waals surface area contributed by atoms with Crippen LogP contribution >= 0.6 is 12.2 Å². The van der Waals surface area contributed by atoms with Gasteiger partial charge in [0.05, 0.1) is 5.36 Å². The molecule has 7 heteroatoms. The van der Waals surface area contributed by atoms with Gasteiger partial charge in [-0.25, -0.2) is 4.99 Å². The second-order valence-corrected chi connectivity index (χ2v) is 5.30. The lowest BCUT2D eigenvalue weighted by atomic mass is 10.1. The zero-order valence-corrected chi connectivity index (χ0v) is 12.3. The molecule has 0 atom stereocenters. The Labute approximate surface area is 129 Å². The van der Waals surface area contributed by atoms with Crippen LogP contribution in [-0.2, 0) is 4.79 Å². The van der Waals surface area contributed by atoms with E-state index < -0.39 is 17.3 Å². The molecule has 22 heavy (non-hydrogen) atoms. The van der Waals surface area contributed by atoms with Crippen LogP contribution in [0.2, 0.25) is 0 Å². The quantitative estimate of drug-likeness (QED) is 0.526. The molecule has 3 N–H and O–H groups in total. The largest absolute Gasteiger partial charge is 0.494 e. The van der Waals surface area contributed by atoms with Gasteiger partial charge in [0.15, 0.2) is 4.77 Å². The summed E-state index contributed by atoms with van der Waals surface area (Å²) in [6, 6.07) is 5.52. The summed E-state index contributed by atoms with van der Waals surface area (Å²) in [4.78, 5) is 32.6. The van der Waals surface area contributed by atoms with Crippen LogP contribution in [0.15, 0.2) is 33.6 Å². The number of aryl methyl sites for hydroxylation is 1. The Morgan fingerprint density at radius 2 is 2.05 bits per heavy atom. The number of nitrogens with zero attached hydrogens (tertiary/aromatic N) is 1. The van der Waals surface area contributed by atoms with E-state index >= 15 is 0 Å². The van der Waals surface area contributed by atoms with Gasteiger partial charge < -0.3 is 10.1 Å². The van der Waals surface area contributed by atoms with E-state index in [9.17, 15) is 14.7 Å². The van der Waals surface area contributed by atoms with Crippen LogP contribution in [0.1, 0.15) is 11.1 Å². The third-order valence-electron chi connectivity index (χ3n) is 3.22. The van der Waals surface area contributed by atoms with Crippen LogP contribution in [-0.4, -0.2) is 21.0 Å². The lowest BCUT2D eigenvalue weighted by Crippen LogP contribution is -2.30. The summed E-state index contributed by atoms with van der Waals surface area (Å²) >= 11 is 4.76. The fourth-order valence-corrected chi connectivity index (χ4v) is 2.36. The van der Waals surface area contributed by atoms with Crippen LogP contribution in [0.5, 0.6) is 5.88 Å². The molecule has 2 heterocycles. The highest BCUT2D eigenvalue weighted by molar-refractivity contribution is 7.71. The molecule has 1 aromatic heterocycles. The topological polar surface area (TPSA) is 98.3 Å². The van der Waals surface area contributed by atoms with E-state index in [1.165, 1.54) is 6.08 Å². The number of benzene rings is 1. The highest BCUT2D eigenvalue weighted by Crippen LogP contribution is 2.14. The van der Waals surface area contributed by atoms with Crippen molar-refractivity contribution in [2.45, 2.75) is 6.92 Å². The van der Waals surface area contributed by atoms with E-state index in [0.717, 1.165) is 10.8 Å². The monoisotopic (exact) mass is 313 g/mol. The van der Waals surface area contributed by atoms with Gasteiger partial charge in [0.25, 0.3) is 11.5 Å². The Morgan fingerprint density at radius 1 is 1.27 bits per heavy atom. The van der Waals surface area contributed by atoms with Gasteiger partial charge in [-0.1, -0.05) is 11.6 Å². The van der Waals surface area contributed by atoms with Crippen LogP contribution in [0.25, 0.3) is 12.2 Å². The summed E-state index contributed by atoms with van der Waals surface area (Å²) < 4.78 is 0.00857. The van der Waals surface area contributed by atoms with Crippen molar-refractivity contribution in [1.82, 2.24) is 9.97 Å². The molecule has 1 aliphatic heterocycles. The number of carbonyl (C=O) groups is 1. The molecule has 2 aromatic rings. The normalized spacial score (nSPS) is 15.1. The van der Waals surface area contributed by atoms with E-state index in [4.69, 9.17) is 12.2 Å². The second kappa shape index (κ2) is 5.19. The van der Waals surface area contributed by atoms with Crippen molar-refractivity contribution in [3.8, 4) is 5.88 Å². The minimum atomic E-state index is -0.579. The van der Waals surface area contributed by atoms with Crippen molar-refractivity contribution in [1.29, 1.82) is 0 Å². The lowest BCUT2D eigenvalue weighted by Gasteiger charge is -2.05. The van der Waals surface area contributed by atoms with E-state index in [-0.39, 0.29) is 15.9 Å². The van der Waals surface area contributed by atoms with Crippen LogP contribution in [0.4, 0.5) is 0 Å². The maximum atomic E-state index is 12.0. The van der Waals surface area contributed by atoms with Crippen molar-refractivity contribution in [2.24, 2.45) is 4.99 Å². The van der Waals surface area contributed by atoms with Crippen LogP contribution < -0.4 is 16.1 Å². The second-order valence-electron chi connectivity index (χ2n) is 4.89. The minimum Gasteiger partial charge on any atom is -0.494 e. The zero-order valence-electron chi connectivity index (χ0n) is 11.5. The molecular weight excluding hydrogens is 302 g/mol. The van der Waals surface area contributed by atoms with Gasteiger partial charge in [-0.3, -0.25) is 14.6 Å². The van der Waals surface area contributed by atoms with Gasteiger partial charge in [-0.05, 0) is 43.4 Å². The molecule has 0 bridgehead atoms. The SMILES string of the molecule is Cc1ccc2c(c1)=C/C(=C\c1c(O)[nH]c(=S)[nH]c1=O)C(=O)N=2. The maximum Gasteiger partial charge on any atom is 0.277 e. The third kappa shape index (κ3) is 2.53. The van der Waals surface area contributed by atoms with Crippen LogP contribution in [0, 0.1) is 11.7 Å². The number of aromatic nitrogens is 2. The summed E-state index contributed by atoms with van der Waals surface area (Å²) in [6.07, 6.45) is 2.93. The fraction of sp³-hybridized carbons (Fsp3) is 0.0667. The first-order valence-corrected chi connectivity index (χ1v) is 6.83. The van der Waals surface area contributed by atoms with E-state index in [0.29, 0.717) is 5.36 Å². The molecule has 1 aliphatic rings. The summed E-state index contributed by atoms with van der Waals surface area (Å²) in [6.45, 7) is 1.93. The molecule has 0 radical (unpaired) electrons. The number of H-pyrrole nitrogens is 2. The molecule has 0 unspecified atom stereocenters. The average molecular weight is 313 g/mol. The van der Waals surface area contributed by atoms with E-state index in [1.807, 2.05) is 19.1 Å². The molecule has 1 amide bonds. The Balaban J connectivity index is 2.23. The number of aromatic hydroxyl groups is 1. The first kappa shape index (κ1) is 14.2. The van der Waals surface area contributed by atoms with Crippen molar-refractivity contribution in [2.75, 3.05) is 0 Å². The number of hydrogen-bond donors (Lipinski definition) is 3. The molecular formula is C15H11N3O3S. The van der Waals surface area contributed by atoms with Crippen molar-refractivity contribution >= 4 is 30.3 Å². The highest BCUT2D eigenvalue weighted by Gasteiger charge is 2.13. The molecule has 110 valence electrons. The number of amides is 1. The summed E-state index contributed by atoms with van der Waals surface area (Å²) in [5.74, 6) is -0.866. The van der Waals surface area contributed by atoms with Crippen molar-refractivity contribution < 1.29 is 9.90 Å². The van der Waals surface area contributed by atoms with Crippen molar-refractivity contribution in [3.05, 3.63) is 60.6 Å². The van der Waals surface area contributed by atoms with E-state index in [1.54, 1.807) is 12.1 Å². The molecule has 0 spiro atoms. The Kier molecular flexibility index (Phi) is 3.34. The molecule has 0 fully saturated rings. The summed E-state index contributed by atoms with van der Waals surface area (Å²) in [5.41, 5.74) is 0.595. The van der Waals surface area contributed by atoms with Gasteiger partial charge in [0.1, 0.15) is 5.56 Å². The fourth-order valence-electron chi connectivity index (χ4n) is 2.17. The minimum absolute atomic E-state index is 0.00857. The van der Waals surface area contributed by atoms with Gasteiger partial charge in [0, 0.05) is 10.8 Å². The molecule has 0 saturated heterocycles. The van der Waals surface area contributed by atoms with Gasteiger partial charge >= 0.3 is 0 Å². The smallest absolute Gasteiger partial charge is 0.277 e. The first-order chi connectivity index (χ1) is 10.4. The zero-order chi connectivity index (χ0) is 15.9. The number of nitrogens with one attached hydrogen (secondary N) is 2. The van der Waals surface area contributed by atoms with Crippen molar-refractivity contribution in [3.63, 3.8) is 0 Å². The molecule has 0 saturated carbocycles. The van der Waals surface area contributed by atoms with Crippen LogP contribution in [0.3, 0.4) is 0 Å². The average Bonchev–Trinajstić information content (AvgIpc) is 2.43. The molecule has 1 aromatic carbocycles. The maximum absolute atomic E-state index is 12.0. The lowest BCUT2D eigenvalue weighted by molar-refractivity contribution is -0.114. The number of aromatic amines is 2. The number of fused-ring (bicyclic) bond motifs is 1. The number of carbonyl (C=O) groups excluding carboxylic acids is 1. The van der Waals surface area contributed by atoms with Gasteiger partial charge in [-0.2, -0.15) is 0 Å². The predicted molar refractivity (Wildman–Crippen MR) is 83.3 cm³/mol. The Morgan fingerprint density at radius 3 is 2.77 bits per heavy atom. The van der Waals surface area contributed by atoms with E-state index in [2.05, 4.69) is 15.0 Å².